The predicted octanol–water partition coefficient (Wildman–Crippen LogP) is 4.39. The van der Waals surface area contributed by atoms with Gasteiger partial charge in [-0.05, 0) is 35.4 Å². The molecule has 4 rings (SSSR count). The standard InChI is InChI=1S/C20H16FN3O/c21-17-6-1-2-7-18(17)25-19-8-10-23-24-11-9-16(20(19)24)15-5-3-4-14(12-15)13-22/h1-12H,13,22H2. The molecule has 25 heavy (non-hydrogen) atoms. The van der Waals surface area contributed by atoms with Crippen molar-refractivity contribution >= 4 is 5.52 Å². The number of para-hydroxylation sites is 1. The van der Waals surface area contributed by atoms with Gasteiger partial charge in [0.05, 0.1) is 6.20 Å². The molecule has 4 aromatic rings. The van der Waals surface area contributed by atoms with Crippen LogP contribution in [0, 0.1) is 5.82 Å². The molecular weight excluding hydrogens is 317 g/mol. The topological polar surface area (TPSA) is 52.5 Å². The number of halogens is 1. The van der Waals surface area contributed by atoms with Crippen LogP contribution in [0.25, 0.3) is 16.6 Å². The number of aromatic nitrogens is 2. The van der Waals surface area contributed by atoms with Gasteiger partial charge in [0, 0.05) is 24.4 Å². The van der Waals surface area contributed by atoms with E-state index < -0.39 is 5.82 Å². The van der Waals surface area contributed by atoms with E-state index in [1.165, 1.54) is 6.07 Å². The maximum atomic E-state index is 14.0. The average molecular weight is 333 g/mol. The summed E-state index contributed by atoms with van der Waals surface area (Å²) in [5.41, 5.74) is 9.53. The number of benzene rings is 2. The van der Waals surface area contributed by atoms with Gasteiger partial charge >= 0.3 is 0 Å². The monoisotopic (exact) mass is 333 g/mol. The van der Waals surface area contributed by atoms with E-state index in [0.29, 0.717) is 12.3 Å². The fraction of sp³-hybridized carbons (Fsp3) is 0.0500. The zero-order chi connectivity index (χ0) is 17.2. The maximum Gasteiger partial charge on any atom is 0.165 e. The van der Waals surface area contributed by atoms with Crippen LogP contribution in [0.1, 0.15) is 5.56 Å². The van der Waals surface area contributed by atoms with Crippen LogP contribution in [0.15, 0.2) is 73.1 Å². The first-order valence-corrected chi connectivity index (χ1v) is 7.94. The number of nitrogens with two attached hydrogens (primary N) is 1. The Labute approximate surface area is 144 Å². The summed E-state index contributed by atoms with van der Waals surface area (Å²) in [5, 5.41) is 4.31. The Morgan fingerprint density at radius 3 is 2.72 bits per heavy atom. The number of ether oxygens (including phenoxy) is 1. The van der Waals surface area contributed by atoms with Gasteiger partial charge in [-0.1, -0.05) is 30.3 Å². The van der Waals surface area contributed by atoms with Crippen LogP contribution in [-0.4, -0.2) is 9.61 Å². The van der Waals surface area contributed by atoms with Gasteiger partial charge in [-0.2, -0.15) is 5.10 Å². The molecule has 0 aliphatic carbocycles. The zero-order valence-corrected chi connectivity index (χ0v) is 13.4. The summed E-state index contributed by atoms with van der Waals surface area (Å²) in [6, 6.07) is 18.0. The zero-order valence-electron chi connectivity index (χ0n) is 13.4. The second kappa shape index (κ2) is 6.37. The Kier molecular flexibility index (Phi) is 3.91. The molecule has 0 amide bonds. The van der Waals surface area contributed by atoms with Crippen molar-refractivity contribution in [3.63, 3.8) is 0 Å². The average Bonchev–Trinajstić information content (AvgIpc) is 3.09. The lowest BCUT2D eigenvalue weighted by atomic mass is 10.0. The predicted molar refractivity (Wildman–Crippen MR) is 95.0 cm³/mol. The molecule has 124 valence electrons. The third kappa shape index (κ3) is 2.86. The van der Waals surface area contributed by atoms with Gasteiger partial charge in [0.15, 0.2) is 17.3 Å². The third-order valence-electron chi connectivity index (χ3n) is 4.05. The molecule has 0 aliphatic heterocycles. The van der Waals surface area contributed by atoms with E-state index in [9.17, 15) is 4.39 Å². The Bertz CT molecular complexity index is 1040. The highest BCUT2D eigenvalue weighted by molar-refractivity contribution is 5.85. The number of nitrogens with zero attached hydrogens (tertiary/aromatic N) is 2. The van der Waals surface area contributed by atoms with Gasteiger partial charge in [-0.15, -0.1) is 0 Å². The second-order valence-electron chi connectivity index (χ2n) is 5.66. The number of fused-ring (bicyclic) bond motifs is 1. The van der Waals surface area contributed by atoms with Crippen LogP contribution >= 0.6 is 0 Å². The molecule has 4 nitrogen and oxygen atoms in total. The van der Waals surface area contributed by atoms with Crippen molar-refractivity contribution in [2.75, 3.05) is 0 Å². The molecule has 0 saturated heterocycles. The first-order chi connectivity index (χ1) is 12.3. The van der Waals surface area contributed by atoms with Crippen molar-refractivity contribution in [1.29, 1.82) is 0 Å². The molecule has 0 atom stereocenters. The molecule has 0 saturated carbocycles. The summed E-state index contributed by atoms with van der Waals surface area (Å²) in [7, 11) is 0. The summed E-state index contributed by atoms with van der Waals surface area (Å²) in [5.74, 6) is 0.312. The smallest absolute Gasteiger partial charge is 0.165 e. The van der Waals surface area contributed by atoms with Crippen molar-refractivity contribution in [2.45, 2.75) is 6.54 Å². The number of hydrogen-bond acceptors (Lipinski definition) is 3. The summed E-state index contributed by atoms with van der Waals surface area (Å²) in [4.78, 5) is 0. The van der Waals surface area contributed by atoms with Crippen molar-refractivity contribution < 1.29 is 9.13 Å². The molecule has 0 aliphatic rings. The molecular formula is C20H16FN3O. The van der Waals surface area contributed by atoms with E-state index in [1.54, 1.807) is 35.0 Å². The molecule has 2 aromatic carbocycles. The number of rotatable bonds is 4. The molecule has 5 heteroatoms. The van der Waals surface area contributed by atoms with Crippen LogP contribution in [0.3, 0.4) is 0 Å². The normalized spacial score (nSPS) is 11.0. The lowest BCUT2D eigenvalue weighted by Crippen LogP contribution is -1.97. The molecule has 0 bridgehead atoms. The minimum absolute atomic E-state index is 0.179. The van der Waals surface area contributed by atoms with Crippen molar-refractivity contribution in [2.24, 2.45) is 5.73 Å². The number of hydrogen-bond donors (Lipinski definition) is 1. The fourth-order valence-electron chi connectivity index (χ4n) is 2.84. The quantitative estimate of drug-likeness (QED) is 0.602. The Morgan fingerprint density at radius 2 is 1.88 bits per heavy atom. The Balaban J connectivity index is 1.86. The summed E-state index contributed by atoms with van der Waals surface area (Å²) in [6.07, 6.45) is 3.48. The van der Waals surface area contributed by atoms with E-state index in [1.807, 2.05) is 36.5 Å². The molecule has 0 radical (unpaired) electrons. The minimum atomic E-state index is -0.407. The molecule has 0 unspecified atom stereocenters. The fourth-order valence-corrected chi connectivity index (χ4v) is 2.84. The molecule has 2 aromatic heterocycles. The van der Waals surface area contributed by atoms with Gasteiger partial charge < -0.3 is 10.5 Å². The summed E-state index contributed by atoms with van der Waals surface area (Å²) >= 11 is 0. The molecule has 0 spiro atoms. The van der Waals surface area contributed by atoms with Crippen molar-refractivity contribution in [3.05, 3.63) is 84.4 Å². The van der Waals surface area contributed by atoms with E-state index in [0.717, 1.165) is 22.2 Å². The SMILES string of the molecule is NCc1cccc(-c2ccn3nccc(Oc4ccccc4F)c23)c1. The van der Waals surface area contributed by atoms with Gasteiger partial charge in [0.1, 0.15) is 5.52 Å². The van der Waals surface area contributed by atoms with Crippen LogP contribution in [-0.2, 0) is 6.54 Å². The van der Waals surface area contributed by atoms with E-state index >= 15 is 0 Å². The van der Waals surface area contributed by atoms with Gasteiger partial charge in [-0.3, -0.25) is 0 Å². The van der Waals surface area contributed by atoms with Crippen LogP contribution in [0.4, 0.5) is 4.39 Å². The van der Waals surface area contributed by atoms with Gasteiger partial charge in [0.25, 0.3) is 0 Å². The van der Waals surface area contributed by atoms with E-state index in [4.69, 9.17) is 10.5 Å². The van der Waals surface area contributed by atoms with E-state index in [-0.39, 0.29) is 5.75 Å². The Morgan fingerprint density at radius 1 is 1.00 bits per heavy atom. The minimum Gasteiger partial charge on any atom is -0.452 e. The van der Waals surface area contributed by atoms with Crippen LogP contribution < -0.4 is 10.5 Å². The summed E-state index contributed by atoms with van der Waals surface area (Å²) in [6.45, 7) is 0.469. The van der Waals surface area contributed by atoms with Crippen LogP contribution in [0.5, 0.6) is 11.5 Å². The first-order valence-electron chi connectivity index (χ1n) is 7.94. The third-order valence-corrected chi connectivity index (χ3v) is 4.05. The maximum absolute atomic E-state index is 14.0. The molecule has 0 fully saturated rings. The Hall–Kier alpha value is -3.18. The van der Waals surface area contributed by atoms with Crippen molar-refractivity contribution in [3.8, 4) is 22.6 Å². The van der Waals surface area contributed by atoms with Gasteiger partial charge in [0.2, 0.25) is 0 Å². The highest BCUT2D eigenvalue weighted by Gasteiger charge is 2.14. The molecule has 2 N–H and O–H groups in total. The highest BCUT2D eigenvalue weighted by atomic mass is 19.1. The lowest BCUT2D eigenvalue weighted by molar-refractivity contribution is 0.444. The molecule has 2 heterocycles. The van der Waals surface area contributed by atoms with E-state index in [2.05, 4.69) is 5.10 Å². The van der Waals surface area contributed by atoms with Gasteiger partial charge in [-0.25, -0.2) is 8.91 Å². The largest absolute Gasteiger partial charge is 0.452 e. The first kappa shape index (κ1) is 15.4. The summed E-state index contributed by atoms with van der Waals surface area (Å²) < 4.78 is 21.5. The second-order valence-corrected chi connectivity index (χ2v) is 5.66. The lowest BCUT2D eigenvalue weighted by Gasteiger charge is -2.10. The highest BCUT2D eigenvalue weighted by Crippen LogP contribution is 2.35. The van der Waals surface area contributed by atoms with Crippen molar-refractivity contribution in [1.82, 2.24) is 9.61 Å². The van der Waals surface area contributed by atoms with Crippen LogP contribution in [0.2, 0.25) is 0 Å².